The Labute approximate surface area is 116 Å². The molecule has 1 aliphatic carbocycles. The minimum atomic E-state index is -0.523. The van der Waals surface area contributed by atoms with E-state index in [1.807, 2.05) is 24.0 Å². The number of hydrogen-bond acceptors (Lipinski definition) is 3. The molecule has 108 valence electrons. The molecule has 0 spiro atoms. The van der Waals surface area contributed by atoms with Crippen LogP contribution in [0.2, 0.25) is 0 Å². The Balaban J connectivity index is 1.83. The molecule has 2 N–H and O–H groups in total. The van der Waals surface area contributed by atoms with Crippen molar-refractivity contribution < 1.29 is 5.11 Å². The Kier molecular flexibility index (Phi) is 4.63. The van der Waals surface area contributed by atoms with E-state index in [1.54, 1.807) is 0 Å². The Bertz CT molecular complexity index is 394. The van der Waals surface area contributed by atoms with Crippen LogP contribution in [0.3, 0.4) is 0 Å². The summed E-state index contributed by atoms with van der Waals surface area (Å²) in [7, 11) is 2.00. The highest BCUT2D eigenvalue weighted by atomic mass is 16.3. The first-order valence-corrected chi connectivity index (χ1v) is 7.47. The molecule has 1 heterocycles. The zero-order chi connectivity index (χ0) is 13.9. The van der Waals surface area contributed by atoms with E-state index in [0.717, 1.165) is 37.4 Å². The maximum absolute atomic E-state index is 10.6. The Morgan fingerprint density at radius 1 is 1.53 bits per heavy atom. The van der Waals surface area contributed by atoms with Crippen molar-refractivity contribution in [3.63, 3.8) is 0 Å². The fraction of sp³-hybridized carbons (Fsp3) is 0.800. The van der Waals surface area contributed by atoms with Crippen LogP contribution >= 0.6 is 0 Å². The first-order chi connectivity index (χ1) is 9.04. The number of nitrogens with one attached hydrogen (secondary N) is 1. The van der Waals surface area contributed by atoms with Gasteiger partial charge in [0.05, 0.1) is 11.6 Å². The van der Waals surface area contributed by atoms with Gasteiger partial charge < -0.3 is 15.0 Å². The van der Waals surface area contributed by atoms with Gasteiger partial charge in [0.1, 0.15) is 5.82 Å². The molecule has 2 rings (SSSR count). The van der Waals surface area contributed by atoms with Crippen molar-refractivity contribution in [2.75, 3.05) is 6.54 Å². The molecule has 4 nitrogen and oxygen atoms in total. The van der Waals surface area contributed by atoms with Crippen LogP contribution in [0.5, 0.6) is 0 Å². The molecule has 1 atom stereocenters. The zero-order valence-electron chi connectivity index (χ0n) is 12.4. The minimum absolute atomic E-state index is 0.174. The van der Waals surface area contributed by atoms with Crippen LogP contribution in [0.25, 0.3) is 0 Å². The second-order valence-electron chi connectivity index (χ2n) is 6.07. The van der Waals surface area contributed by atoms with E-state index in [-0.39, 0.29) is 6.04 Å². The molecule has 1 aromatic heterocycles. The fourth-order valence-corrected chi connectivity index (χ4v) is 3.03. The third-order valence-corrected chi connectivity index (χ3v) is 4.60. The summed E-state index contributed by atoms with van der Waals surface area (Å²) in [6, 6.07) is 0.174. The predicted molar refractivity (Wildman–Crippen MR) is 76.8 cm³/mol. The van der Waals surface area contributed by atoms with Gasteiger partial charge in [-0.25, -0.2) is 4.98 Å². The summed E-state index contributed by atoms with van der Waals surface area (Å²) in [5.74, 6) is 1.83. The Hall–Kier alpha value is -0.870. The number of aryl methyl sites for hydroxylation is 1. The standard InChI is InChI=1S/C15H27N3O/c1-4-13-5-7-15(19,8-6-13)11-17-12(2)14-16-9-10-18(14)3/h9-10,12-13,17,19H,4-8,11H2,1-3H3. The summed E-state index contributed by atoms with van der Waals surface area (Å²) in [4.78, 5) is 4.35. The Morgan fingerprint density at radius 2 is 2.21 bits per heavy atom. The molecule has 1 aliphatic rings. The minimum Gasteiger partial charge on any atom is -0.389 e. The lowest BCUT2D eigenvalue weighted by Gasteiger charge is -2.36. The monoisotopic (exact) mass is 265 g/mol. The number of rotatable bonds is 5. The fourth-order valence-electron chi connectivity index (χ4n) is 3.03. The van der Waals surface area contributed by atoms with Crippen molar-refractivity contribution in [3.8, 4) is 0 Å². The van der Waals surface area contributed by atoms with Gasteiger partial charge in [-0.05, 0) is 38.5 Å². The van der Waals surface area contributed by atoms with E-state index in [2.05, 4.69) is 24.1 Å². The number of hydrogen-bond donors (Lipinski definition) is 2. The summed E-state index contributed by atoms with van der Waals surface area (Å²) >= 11 is 0. The van der Waals surface area contributed by atoms with Gasteiger partial charge in [-0.1, -0.05) is 13.3 Å². The highest BCUT2D eigenvalue weighted by Gasteiger charge is 2.32. The van der Waals surface area contributed by atoms with E-state index in [4.69, 9.17) is 0 Å². The molecule has 4 heteroatoms. The van der Waals surface area contributed by atoms with Crippen molar-refractivity contribution in [3.05, 3.63) is 18.2 Å². The molecule has 0 radical (unpaired) electrons. The number of aliphatic hydroxyl groups is 1. The molecule has 1 saturated carbocycles. The molecule has 0 amide bonds. The molecule has 1 aromatic rings. The molecular formula is C15H27N3O. The summed E-state index contributed by atoms with van der Waals surface area (Å²) in [5, 5.41) is 14.0. The average molecular weight is 265 g/mol. The van der Waals surface area contributed by atoms with Crippen LogP contribution in [0.1, 0.15) is 57.8 Å². The first-order valence-electron chi connectivity index (χ1n) is 7.47. The van der Waals surface area contributed by atoms with Crippen molar-refractivity contribution in [2.24, 2.45) is 13.0 Å². The van der Waals surface area contributed by atoms with Gasteiger partial charge >= 0.3 is 0 Å². The third kappa shape index (κ3) is 3.57. The van der Waals surface area contributed by atoms with Crippen LogP contribution in [0.4, 0.5) is 0 Å². The summed E-state index contributed by atoms with van der Waals surface area (Å²) in [6.45, 7) is 5.01. The Morgan fingerprint density at radius 3 is 2.74 bits per heavy atom. The lowest BCUT2D eigenvalue weighted by Crippen LogP contribution is -2.44. The van der Waals surface area contributed by atoms with E-state index in [0.29, 0.717) is 6.54 Å². The highest BCUT2D eigenvalue weighted by Crippen LogP contribution is 2.33. The largest absolute Gasteiger partial charge is 0.389 e. The van der Waals surface area contributed by atoms with Crippen LogP contribution in [0.15, 0.2) is 12.4 Å². The number of imidazole rings is 1. The third-order valence-electron chi connectivity index (χ3n) is 4.60. The molecule has 0 bridgehead atoms. The highest BCUT2D eigenvalue weighted by molar-refractivity contribution is 4.98. The van der Waals surface area contributed by atoms with Crippen molar-refractivity contribution in [1.29, 1.82) is 0 Å². The average Bonchev–Trinajstić information content (AvgIpc) is 2.83. The molecule has 1 unspecified atom stereocenters. The SMILES string of the molecule is CCC1CCC(O)(CNC(C)c2nccn2C)CC1. The van der Waals surface area contributed by atoms with Gasteiger partial charge in [0.15, 0.2) is 0 Å². The van der Waals surface area contributed by atoms with E-state index in [1.165, 1.54) is 6.42 Å². The smallest absolute Gasteiger partial charge is 0.125 e. The van der Waals surface area contributed by atoms with Gasteiger partial charge in [0.2, 0.25) is 0 Å². The van der Waals surface area contributed by atoms with Crippen molar-refractivity contribution in [1.82, 2.24) is 14.9 Å². The van der Waals surface area contributed by atoms with Gasteiger partial charge in [-0.3, -0.25) is 0 Å². The number of aromatic nitrogens is 2. The van der Waals surface area contributed by atoms with Gasteiger partial charge in [-0.15, -0.1) is 0 Å². The number of nitrogens with zero attached hydrogens (tertiary/aromatic N) is 2. The van der Waals surface area contributed by atoms with E-state index in [9.17, 15) is 5.11 Å². The van der Waals surface area contributed by atoms with Crippen molar-refractivity contribution in [2.45, 2.75) is 57.6 Å². The molecule has 1 fully saturated rings. The quantitative estimate of drug-likeness (QED) is 0.859. The summed E-state index contributed by atoms with van der Waals surface area (Å²) in [6.07, 6.45) is 9.17. The first kappa shape index (κ1) is 14.5. The molecule has 0 aliphatic heterocycles. The van der Waals surface area contributed by atoms with Crippen LogP contribution < -0.4 is 5.32 Å². The normalized spacial score (nSPS) is 29.4. The second kappa shape index (κ2) is 6.06. The molecule has 0 saturated heterocycles. The molecule has 19 heavy (non-hydrogen) atoms. The molecular weight excluding hydrogens is 238 g/mol. The predicted octanol–water partition coefficient (Wildman–Crippen LogP) is 2.40. The maximum Gasteiger partial charge on any atom is 0.125 e. The zero-order valence-corrected chi connectivity index (χ0v) is 12.4. The summed E-state index contributed by atoms with van der Waals surface area (Å²) in [5.41, 5.74) is -0.523. The van der Waals surface area contributed by atoms with Crippen LogP contribution in [-0.2, 0) is 7.05 Å². The topological polar surface area (TPSA) is 50.1 Å². The van der Waals surface area contributed by atoms with Crippen molar-refractivity contribution >= 4 is 0 Å². The van der Waals surface area contributed by atoms with E-state index >= 15 is 0 Å². The summed E-state index contributed by atoms with van der Waals surface area (Å²) < 4.78 is 2.02. The van der Waals surface area contributed by atoms with Crippen LogP contribution in [-0.4, -0.2) is 26.8 Å². The van der Waals surface area contributed by atoms with Gasteiger partial charge in [0.25, 0.3) is 0 Å². The second-order valence-corrected chi connectivity index (χ2v) is 6.07. The van der Waals surface area contributed by atoms with Crippen LogP contribution in [0, 0.1) is 5.92 Å². The van der Waals surface area contributed by atoms with Gasteiger partial charge in [0, 0.05) is 26.0 Å². The van der Waals surface area contributed by atoms with Gasteiger partial charge in [-0.2, -0.15) is 0 Å². The van der Waals surface area contributed by atoms with E-state index < -0.39 is 5.60 Å². The molecule has 0 aromatic carbocycles. The maximum atomic E-state index is 10.6. The lowest BCUT2D eigenvalue weighted by atomic mass is 9.78. The lowest BCUT2D eigenvalue weighted by molar-refractivity contribution is -0.0105.